The minimum Gasteiger partial charge on any atom is -0.489 e. The standard InChI is InChI=1S/C59H79N11O9S/c1-35-36(2)66-67-52(35)65-53-44-30-49(80(75,76)59(7,8)9)48(31-46(44)61-34-62-53)78-40-25-27-69(28-26-40)50-24-23-41(32-60-50)77-42-29-47(55(72)63-45-22-16-20-38-17-14-15-21-43(38)45)70(33-42)56(73)51(39-18-12-11-13-19-39)64-54(71)37(3)68(10)57(74)79-58(4,5)6/h14-15,17,21,23-24,30-32,34,37,39-40,42,45,47,51H,11-13,16,18-20,22,25-29,33H2,1-10H3,(H,63,72)(H,64,71)(H2,61,62,65,66,67)/t37-,42-,45+,47-,51-/m0/s1. The molecule has 2 saturated heterocycles. The average Bonchev–Trinajstić information content (AvgIpc) is 4.06. The highest BCUT2D eigenvalue weighted by Crippen LogP contribution is 2.39. The van der Waals surface area contributed by atoms with Crippen LogP contribution in [0.3, 0.4) is 0 Å². The second kappa shape index (κ2) is 23.6. The van der Waals surface area contributed by atoms with Crippen LogP contribution in [-0.2, 0) is 35.4 Å². The Morgan fingerprint density at radius 2 is 1.59 bits per heavy atom. The summed E-state index contributed by atoms with van der Waals surface area (Å²) in [7, 11) is -2.39. The van der Waals surface area contributed by atoms with Crippen LogP contribution in [0.1, 0.15) is 141 Å². The Labute approximate surface area is 469 Å². The number of carbonyl (C=O) groups is 4. The Balaban J connectivity index is 0.894. The first kappa shape index (κ1) is 57.6. The van der Waals surface area contributed by atoms with E-state index in [1.807, 2.05) is 38.1 Å². The first-order chi connectivity index (χ1) is 37.9. The molecule has 2 aliphatic carbocycles. The zero-order chi connectivity index (χ0) is 57.3. The summed E-state index contributed by atoms with van der Waals surface area (Å²) in [6, 6.07) is 12.2. The van der Waals surface area contributed by atoms with Gasteiger partial charge in [0.25, 0.3) is 0 Å². The van der Waals surface area contributed by atoms with Crippen LogP contribution in [0, 0.1) is 19.8 Å². The number of ether oxygens (including phenoxy) is 3. The van der Waals surface area contributed by atoms with Crippen LogP contribution in [0.4, 0.5) is 22.2 Å². The second-order valence-corrected chi connectivity index (χ2v) is 26.7. The van der Waals surface area contributed by atoms with Crippen LogP contribution in [-0.4, -0.2) is 135 Å². The Morgan fingerprint density at radius 1 is 0.850 bits per heavy atom. The van der Waals surface area contributed by atoms with Crippen molar-refractivity contribution in [1.82, 2.24) is 45.6 Å². The number of nitrogens with zero attached hydrogens (tertiary/aromatic N) is 7. The topological polar surface area (TPSA) is 243 Å². The van der Waals surface area contributed by atoms with Crippen LogP contribution in [0.25, 0.3) is 10.9 Å². The summed E-state index contributed by atoms with van der Waals surface area (Å²) in [6.07, 6.45) is 9.87. The van der Waals surface area contributed by atoms with Crippen molar-refractivity contribution in [3.05, 3.63) is 83.4 Å². The fraction of sp³-hybridized carbons (Fsp3) is 0.559. The number of aryl methyl sites for hydroxylation is 2. The quantitative estimate of drug-likeness (QED) is 0.0767. The molecule has 3 aromatic heterocycles. The van der Waals surface area contributed by atoms with E-state index in [1.54, 1.807) is 71.7 Å². The van der Waals surface area contributed by atoms with Gasteiger partial charge in [-0.05, 0) is 130 Å². The molecule has 4 aliphatic rings. The van der Waals surface area contributed by atoms with Gasteiger partial charge in [0, 0.05) is 62.1 Å². The molecule has 430 valence electrons. The number of H-pyrrole nitrogens is 1. The highest BCUT2D eigenvalue weighted by Gasteiger charge is 2.46. The summed E-state index contributed by atoms with van der Waals surface area (Å²) in [6.45, 7) is 17.0. The van der Waals surface area contributed by atoms with Crippen LogP contribution in [0.5, 0.6) is 11.5 Å². The molecular formula is C59H79N11O9S. The minimum atomic E-state index is -3.90. The maximum Gasteiger partial charge on any atom is 0.410 e. The van der Waals surface area contributed by atoms with E-state index in [1.165, 1.54) is 23.8 Å². The van der Waals surface area contributed by atoms with E-state index in [2.05, 4.69) is 53.1 Å². The van der Waals surface area contributed by atoms with E-state index in [0.717, 1.165) is 74.0 Å². The van der Waals surface area contributed by atoms with Gasteiger partial charge in [-0.15, -0.1) is 0 Å². The average molecular weight is 1120 g/mol. The van der Waals surface area contributed by atoms with Crippen molar-refractivity contribution >= 4 is 62.0 Å². The number of carbonyl (C=O) groups excluding carboxylic acids is 4. The van der Waals surface area contributed by atoms with Gasteiger partial charge in [-0.1, -0.05) is 43.5 Å². The Bertz CT molecular complexity index is 3180. The lowest BCUT2D eigenvalue weighted by Gasteiger charge is -2.36. The summed E-state index contributed by atoms with van der Waals surface area (Å²) in [5, 5.41) is 17.4. The van der Waals surface area contributed by atoms with Crippen molar-refractivity contribution in [2.75, 3.05) is 36.9 Å². The van der Waals surface area contributed by atoms with Crippen molar-refractivity contribution in [1.29, 1.82) is 0 Å². The predicted octanol–water partition coefficient (Wildman–Crippen LogP) is 8.59. The number of nitrogens with one attached hydrogen (secondary N) is 4. The van der Waals surface area contributed by atoms with Gasteiger partial charge in [0.1, 0.15) is 70.3 Å². The van der Waals surface area contributed by atoms with E-state index in [-0.39, 0.29) is 53.5 Å². The second-order valence-electron chi connectivity index (χ2n) is 24.0. The fourth-order valence-electron chi connectivity index (χ4n) is 11.2. The van der Waals surface area contributed by atoms with Crippen molar-refractivity contribution in [2.45, 2.75) is 185 Å². The number of pyridine rings is 1. The van der Waals surface area contributed by atoms with Gasteiger partial charge in [0.2, 0.25) is 17.7 Å². The Hall–Kier alpha value is -7.03. The highest BCUT2D eigenvalue weighted by molar-refractivity contribution is 7.92. The molecular weight excluding hydrogens is 1040 g/mol. The maximum atomic E-state index is 15.2. The molecule has 5 aromatic rings. The largest absolute Gasteiger partial charge is 0.489 e. The van der Waals surface area contributed by atoms with Crippen molar-refractivity contribution in [2.24, 2.45) is 5.92 Å². The summed E-state index contributed by atoms with van der Waals surface area (Å²) in [5.41, 5.74) is 3.84. The van der Waals surface area contributed by atoms with Gasteiger partial charge in [-0.3, -0.25) is 24.4 Å². The van der Waals surface area contributed by atoms with E-state index in [4.69, 9.17) is 19.2 Å². The number of aromatic nitrogens is 5. The molecule has 0 unspecified atom stereocenters. The zero-order valence-corrected chi connectivity index (χ0v) is 48.7. The van der Waals surface area contributed by atoms with Gasteiger partial charge >= 0.3 is 6.09 Å². The smallest absolute Gasteiger partial charge is 0.410 e. The van der Waals surface area contributed by atoms with E-state index in [9.17, 15) is 22.8 Å². The molecule has 1 saturated carbocycles. The van der Waals surface area contributed by atoms with Crippen molar-refractivity contribution in [3.63, 3.8) is 0 Å². The summed E-state index contributed by atoms with van der Waals surface area (Å²) in [4.78, 5) is 75.7. The van der Waals surface area contributed by atoms with Crippen LogP contribution < -0.4 is 30.3 Å². The third-order valence-electron chi connectivity index (χ3n) is 16.2. The van der Waals surface area contributed by atoms with Crippen molar-refractivity contribution in [3.8, 4) is 11.5 Å². The molecule has 20 nitrogen and oxygen atoms in total. The van der Waals surface area contributed by atoms with Gasteiger partial charge in [0.05, 0.1) is 29.0 Å². The molecule has 3 fully saturated rings. The summed E-state index contributed by atoms with van der Waals surface area (Å²) in [5.74, 6) is 1.15. The maximum absolute atomic E-state index is 15.2. The number of fused-ring (bicyclic) bond motifs is 2. The third kappa shape index (κ3) is 12.8. The Morgan fingerprint density at radius 3 is 2.26 bits per heavy atom. The Kier molecular flexibility index (Phi) is 17.0. The van der Waals surface area contributed by atoms with Gasteiger partial charge < -0.3 is 40.0 Å². The lowest BCUT2D eigenvalue weighted by atomic mass is 9.83. The van der Waals surface area contributed by atoms with Crippen LogP contribution in [0.15, 0.2) is 66.0 Å². The minimum absolute atomic E-state index is 0.0623. The number of benzene rings is 2. The fourth-order valence-corrected chi connectivity index (χ4v) is 12.5. The summed E-state index contributed by atoms with van der Waals surface area (Å²) < 4.78 is 46.1. The molecule has 0 radical (unpaired) electrons. The van der Waals surface area contributed by atoms with Gasteiger partial charge in [0.15, 0.2) is 15.7 Å². The number of sulfone groups is 1. The molecule has 0 bridgehead atoms. The third-order valence-corrected chi connectivity index (χ3v) is 18.7. The molecule has 4 amide bonds. The first-order valence-electron chi connectivity index (χ1n) is 28.3. The molecule has 21 heteroatoms. The van der Waals surface area contributed by atoms with Gasteiger partial charge in [-0.25, -0.2) is 28.2 Å². The number of aromatic amines is 1. The zero-order valence-electron chi connectivity index (χ0n) is 47.9. The normalized spacial score (nSPS) is 20.1. The molecule has 5 atom stereocenters. The van der Waals surface area contributed by atoms with Gasteiger partial charge in [-0.2, -0.15) is 5.10 Å². The first-order valence-corrected chi connectivity index (χ1v) is 29.7. The molecule has 4 N–H and O–H groups in total. The lowest BCUT2D eigenvalue weighted by molar-refractivity contribution is -0.143. The monoisotopic (exact) mass is 1120 g/mol. The van der Waals surface area contributed by atoms with Crippen molar-refractivity contribution < 1.29 is 41.8 Å². The molecule has 2 aromatic carbocycles. The lowest BCUT2D eigenvalue weighted by Crippen LogP contribution is -2.59. The number of anilines is 3. The number of likely N-dealkylation sites (N-methyl/N-ethyl adjacent to an activating group) is 1. The number of amides is 4. The predicted molar refractivity (Wildman–Crippen MR) is 305 cm³/mol. The molecule has 80 heavy (non-hydrogen) atoms. The van der Waals surface area contributed by atoms with Crippen LogP contribution >= 0.6 is 0 Å². The molecule has 2 aliphatic heterocycles. The molecule has 5 heterocycles. The highest BCUT2D eigenvalue weighted by atomic mass is 32.2. The number of rotatable bonds is 15. The number of piperidine rings is 1. The number of hydrogen-bond acceptors (Lipinski definition) is 15. The SMILES string of the molecule is Cc1[nH]nc(Nc2ncnc3cc(OC4CCN(c5ccc(O[C@H]6C[C@@H](C(=O)N[C@@H]7CCCc8ccccc87)N(C(=O)[C@@H](NC(=O)[C@H](C)N(C)C(=O)OC(C)(C)C)C7CCCCC7)C6)cn5)CC4)c(S(=O)(=O)C(C)(C)C)cc23)c1C. The van der Waals surface area contributed by atoms with Crippen LogP contribution in [0.2, 0.25) is 0 Å². The number of likely N-dealkylation sites (tertiary alicyclic amines) is 1. The van der Waals surface area contributed by atoms with E-state index < -0.39 is 56.4 Å². The summed E-state index contributed by atoms with van der Waals surface area (Å²) >= 11 is 0. The number of hydrogen-bond donors (Lipinski definition) is 4. The van der Waals surface area contributed by atoms with E-state index in [0.29, 0.717) is 54.2 Å². The molecule has 9 rings (SSSR count). The van der Waals surface area contributed by atoms with E-state index >= 15 is 4.79 Å². The molecule has 0 spiro atoms.